The van der Waals surface area contributed by atoms with E-state index >= 15 is 0 Å². The van der Waals surface area contributed by atoms with Crippen molar-refractivity contribution in [2.24, 2.45) is 5.73 Å². The molecule has 0 heterocycles. The molecule has 1 aromatic rings. The number of rotatable bonds is 9. The van der Waals surface area contributed by atoms with Gasteiger partial charge in [-0.25, -0.2) is 0 Å². The first-order chi connectivity index (χ1) is 9.51. The fraction of sp³-hybridized carbons (Fsp3) is 0.533. The van der Waals surface area contributed by atoms with Crippen LogP contribution in [0.1, 0.15) is 26.2 Å². The number of nitrogens with two attached hydrogens (primary N) is 1. The first-order valence-corrected chi connectivity index (χ1v) is 6.77. The number of unbranched alkanes of at least 4 members (excludes halogenated alkanes) is 1. The topological polar surface area (TPSA) is 73.6 Å². The molecule has 0 saturated carbocycles. The highest BCUT2D eigenvalue weighted by molar-refractivity contribution is 5.84. The summed E-state index contributed by atoms with van der Waals surface area (Å²) in [4.78, 5) is 11.3. The number of hydrogen-bond acceptors (Lipinski definition) is 4. The lowest BCUT2D eigenvalue weighted by Gasteiger charge is -2.25. The van der Waals surface area contributed by atoms with E-state index in [0.717, 1.165) is 24.3 Å². The molecule has 1 unspecified atom stereocenters. The molecule has 0 fully saturated rings. The maximum atomic E-state index is 11.3. The number of amides is 1. The highest BCUT2D eigenvalue weighted by Gasteiger charge is 2.27. The Kier molecular flexibility index (Phi) is 6.31. The predicted molar refractivity (Wildman–Crippen MR) is 79.0 cm³/mol. The van der Waals surface area contributed by atoms with Crippen molar-refractivity contribution in [3.05, 3.63) is 24.3 Å². The van der Waals surface area contributed by atoms with Crippen LogP contribution < -0.4 is 20.5 Å². The van der Waals surface area contributed by atoms with Crippen LogP contribution in [0.15, 0.2) is 24.3 Å². The van der Waals surface area contributed by atoms with Crippen molar-refractivity contribution in [3.8, 4) is 11.5 Å². The van der Waals surface area contributed by atoms with Crippen LogP contribution >= 0.6 is 0 Å². The normalized spacial score (nSPS) is 13.6. The summed E-state index contributed by atoms with van der Waals surface area (Å²) in [6, 6.07) is 7.47. The first kappa shape index (κ1) is 16.3. The Balaban J connectivity index is 2.26. The molecule has 0 bridgehead atoms. The van der Waals surface area contributed by atoms with E-state index in [4.69, 9.17) is 15.2 Å². The quantitative estimate of drug-likeness (QED) is 0.675. The standard InChI is InChI=1S/C15H24N2O3/c1-15(17-2,14(16)18)10-4-5-11-20-13-8-6-12(19-3)7-9-13/h6-9,17H,4-5,10-11H2,1-3H3,(H2,16,18). The molecule has 0 aliphatic rings. The van der Waals surface area contributed by atoms with Gasteiger partial charge in [0, 0.05) is 0 Å². The Morgan fingerprint density at radius 3 is 2.35 bits per heavy atom. The second kappa shape index (κ2) is 7.75. The van der Waals surface area contributed by atoms with E-state index in [9.17, 15) is 4.79 Å². The number of nitrogens with one attached hydrogen (secondary N) is 1. The summed E-state index contributed by atoms with van der Waals surface area (Å²) < 4.78 is 10.7. The van der Waals surface area contributed by atoms with Crippen LogP contribution in [0.2, 0.25) is 0 Å². The van der Waals surface area contributed by atoms with Crippen molar-refractivity contribution in [1.82, 2.24) is 5.32 Å². The zero-order chi connectivity index (χ0) is 15.0. The largest absolute Gasteiger partial charge is 0.497 e. The first-order valence-electron chi connectivity index (χ1n) is 6.77. The second-order valence-electron chi connectivity index (χ2n) is 4.93. The van der Waals surface area contributed by atoms with Crippen LogP contribution in [-0.2, 0) is 4.79 Å². The lowest BCUT2D eigenvalue weighted by molar-refractivity contribution is -0.123. The zero-order valence-electron chi connectivity index (χ0n) is 12.4. The van der Waals surface area contributed by atoms with Gasteiger partial charge < -0.3 is 20.5 Å². The highest BCUT2D eigenvalue weighted by atomic mass is 16.5. The smallest absolute Gasteiger partial charge is 0.237 e. The minimum atomic E-state index is -0.639. The third-order valence-electron chi connectivity index (χ3n) is 3.49. The van der Waals surface area contributed by atoms with E-state index < -0.39 is 5.54 Å². The van der Waals surface area contributed by atoms with Crippen LogP contribution in [0, 0.1) is 0 Å². The molecule has 0 aliphatic heterocycles. The van der Waals surface area contributed by atoms with Crippen LogP contribution in [0.5, 0.6) is 11.5 Å². The fourth-order valence-corrected chi connectivity index (χ4v) is 1.81. The molecule has 3 N–H and O–H groups in total. The van der Waals surface area contributed by atoms with Crippen molar-refractivity contribution in [2.75, 3.05) is 20.8 Å². The Morgan fingerprint density at radius 2 is 1.85 bits per heavy atom. The van der Waals surface area contributed by atoms with E-state index in [0.29, 0.717) is 13.0 Å². The molecule has 0 aromatic heterocycles. The number of benzene rings is 1. The Morgan fingerprint density at radius 1 is 1.25 bits per heavy atom. The molecular formula is C15H24N2O3. The summed E-state index contributed by atoms with van der Waals surface area (Å²) in [6.07, 6.45) is 2.44. The van der Waals surface area contributed by atoms with Gasteiger partial charge in [-0.1, -0.05) is 0 Å². The summed E-state index contributed by atoms with van der Waals surface area (Å²) in [6.45, 7) is 2.44. The average molecular weight is 280 g/mol. The number of primary amides is 1. The summed E-state index contributed by atoms with van der Waals surface area (Å²) >= 11 is 0. The molecule has 5 nitrogen and oxygen atoms in total. The summed E-state index contributed by atoms with van der Waals surface area (Å²) in [5.41, 5.74) is 4.73. The Hall–Kier alpha value is -1.75. The SMILES string of the molecule is CNC(C)(CCCCOc1ccc(OC)cc1)C(N)=O. The van der Waals surface area contributed by atoms with Crippen molar-refractivity contribution >= 4 is 5.91 Å². The molecule has 20 heavy (non-hydrogen) atoms. The minimum Gasteiger partial charge on any atom is -0.497 e. The van der Waals surface area contributed by atoms with Crippen molar-refractivity contribution < 1.29 is 14.3 Å². The molecule has 0 spiro atoms. The van der Waals surface area contributed by atoms with Gasteiger partial charge in [0.2, 0.25) is 5.91 Å². The van der Waals surface area contributed by atoms with E-state index in [2.05, 4.69) is 5.32 Å². The summed E-state index contributed by atoms with van der Waals surface area (Å²) in [7, 11) is 3.38. The number of carbonyl (C=O) groups is 1. The second-order valence-corrected chi connectivity index (χ2v) is 4.93. The molecule has 1 amide bonds. The molecule has 112 valence electrons. The molecule has 0 aliphatic carbocycles. The van der Waals surface area contributed by atoms with Crippen molar-refractivity contribution in [3.63, 3.8) is 0 Å². The van der Waals surface area contributed by atoms with Gasteiger partial charge in [-0.15, -0.1) is 0 Å². The maximum absolute atomic E-state index is 11.3. The fourth-order valence-electron chi connectivity index (χ4n) is 1.81. The van der Waals surface area contributed by atoms with E-state index in [1.54, 1.807) is 14.2 Å². The van der Waals surface area contributed by atoms with Crippen LogP contribution in [0.3, 0.4) is 0 Å². The van der Waals surface area contributed by atoms with Crippen LogP contribution in [-0.4, -0.2) is 32.2 Å². The maximum Gasteiger partial charge on any atom is 0.237 e. The molecule has 5 heteroatoms. The molecule has 0 radical (unpaired) electrons. The molecular weight excluding hydrogens is 256 g/mol. The van der Waals surface area contributed by atoms with E-state index in [1.165, 1.54) is 0 Å². The lowest BCUT2D eigenvalue weighted by Crippen LogP contribution is -2.51. The number of likely N-dealkylation sites (N-methyl/N-ethyl adjacent to an activating group) is 1. The van der Waals surface area contributed by atoms with E-state index in [1.807, 2.05) is 31.2 Å². The number of methoxy groups -OCH3 is 1. The molecule has 1 aromatic carbocycles. The monoisotopic (exact) mass is 280 g/mol. The molecule has 0 saturated heterocycles. The van der Waals surface area contributed by atoms with Gasteiger partial charge in [-0.3, -0.25) is 4.79 Å². The number of carbonyl (C=O) groups excluding carboxylic acids is 1. The molecule has 1 atom stereocenters. The van der Waals surface area contributed by atoms with Crippen molar-refractivity contribution in [2.45, 2.75) is 31.7 Å². The zero-order valence-corrected chi connectivity index (χ0v) is 12.4. The third-order valence-corrected chi connectivity index (χ3v) is 3.49. The van der Waals surface area contributed by atoms with Gasteiger partial charge in [0.25, 0.3) is 0 Å². The number of ether oxygens (including phenoxy) is 2. The summed E-state index contributed by atoms with van der Waals surface area (Å²) in [5.74, 6) is 1.30. The van der Waals surface area contributed by atoms with Gasteiger partial charge in [0.15, 0.2) is 0 Å². The van der Waals surface area contributed by atoms with Crippen LogP contribution in [0.4, 0.5) is 0 Å². The van der Waals surface area contributed by atoms with Gasteiger partial charge in [0.05, 0.1) is 19.3 Å². The summed E-state index contributed by atoms with van der Waals surface area (Å²) in [5, 5.41) is 2.97. The average Bonchev–Trinajstić information content (AvgIpc) is 2.47. The molecule has 1 rings (SSSR count). The van der Waals surface area contributed by atoms with Crippen LogP contribution in [0.25, 0.3) is 0 Å². The third kappa shape index (κ3) is 4.74. The van der Waals surface area contributed by atoms with E-state index in [-0.39, 0.29) is 5.91 Å². The highest BCUT2D eigenvalue weighted by Crippen LogP contribution is 2.18. The predicted octanol–water partition coefficient (Wildman–Crippen LogP) is 1.71. The van der Waals surface area contributed by atoms with Crippen molar-refractivity contribution in [1.29, 1.82) is 0 Å². The Bertz CT molecular complexity index is 420. The van der Waals surface area contributed by atoms with Gasteiger partial charge in [-0.2, -0.15) is 0 Å². The minimum absolute atomic E-state index is 0.323. The lowest BCUT2D eigenvalue weighted by atomic mass is 9.94. The van der Waals surface area contributed by atoms with Gasteiger partial charge >= 0.3 is 0 Å². The van der Waals surface area contributed by atoms with Gasteiger partial charge in [-0.05, 0) is 57.5 Å². The number of hydrogen-bond donors (Lipinski definition) is 2. The van der Waals surface area contributed by atoms with Gasteiger partial charge in [0.1, 0.15) is 11.5 Å². The Labute approximate surface area is 120 Å².